The Morgan fingerprint density at radius 1 is 1.19 bits per heavy atom. The molecule has 6 heteroatoms. The van der Waals surface area contributed by atoms with Gasteiger partial charge < -0.3 is 10.4 Å². The summed E-state index contributed by atoms with van der Waals surface area (Å²) in [6, 6.07) is 9.95. The fourth-order valence-electron chi connectivity index (χ4n) is 1.91. The number of carboxylic acids is 1. The fourth-order valence-corrected chi connectivity index (χ4v) is 2.31. The summed E-state index contributed by atoms with van der Waals surface area (Å²) in [5.74, 6) is -3.31. The molecule has 0 aliphatic rings. The average molecular weight is 356 g/mol. The molecular weight excluding hydrogens is 344 g/mol. The first-order valence-electron chi connectivity index (χ1n) is 6.05. The highest BCUT2D eigenvalue weighted by atomic mass is 79.9. The maximum atomic E-state index is 13.4. The quantitative estimate of drug-likeness (QED) is 0.866. The molecule has 0 aliphatic heterocycles. The van der Waals surface area contributed by atoms with E-state index in [0.717, 1.165) is 16.6 Å². The molecule has 0 saturated carbocycles. The molecule has 2 aromatic rings. The molecular formula is C15H12BrF2NO2. The molecule has 110 valence electrons. The predicted octanol–water partition coefficient (Wildman–Crippen LogP) is 4.14. The summed E-state index contributed by atoms with van der Waals surface area (Å²) in [6.45, 7) is 1.39. The molecule has 2 rings (SSSR count). The molecule has 2 aromatic carbocycles. The van der Waals surface area contributed by atoms with Gasteiger partial charge in [0.25, 0.3) is 0 Å². The lowest BCUT2D eigenvalue weighted by Crippen LogP contribution is -2.40. The zero-order chi connectivity index (χ0) is 15.6. The van der Waals surface area contributed by atoms with Crippen LogP contribution in [0.1, 0.15) is 12.5 Å². The van der Waals surface area contributed by atoms with Crippen LogP contribution in [0.15, 0.2) is 46.9 Å². The summed E-state index contributed by atoms with van der Waals surface area (Å²) in [7, 11) is 0. The fraction of sp³-hybridized carbons (Fsp3) is 0.133. The van der Waals surface area contributed by atoms with Gasteiger partial charge in [0.1, 0.15) is 0 Å². The van der Waals surface area contributed by atoms with E-state index in [1.54, 1.807) is 24.3 Å². The SMILES string of the molecule is CC(Nc1cccc(Br)c1)(C(=O)O)c1ccc(F)c(F)c1. The topological polar surface area (TPSA) is 49.3 Å². The van der Waals surface area contributed by atoms with Gasteiger partial charge in [-0.25, -0.2) is 13.6 Å². The Hall–Kier alpha value is -1.95. The second-order valence-electron chi connectivity index (χ2n) is 4.69. The number of aliphatic carboxylic acids is 1. The summed E-state index contributed by atoms with van der Waals surface area (Å²) in [6.07, 6.45) is 0. The molecule has 1 atom stereocenters. The second-order valence-corrected chi connectivity index (χ2v) is 5.61. The van der Waals surface area contributed by atoms with Gasteiger partial charge in [-0.15, -0.1) is 0 Å². The van der Waals surface area contributed by atoms with E-state index in [2.05, 4.69) is 21.2 Å². The average Bonchev–Trinajstić information content (AvgIpc) is 2.41. The first-order valence-corrected chi connectivity index (χ1v) is 6.85. The zero-order valence-electron chi connectivity index (χ0n) is 11.0. The number of hydrogen-bond donors (Lipinski definition) is 2. The molecule has 2 N–H and O–H groups in total. The number of carbonyl (C=O) groups is 1. The largest absolute Gasteiger partial charge is 0.479 e. The smallest absolute Gasteiger partial charge is 0.333 e. The summed E-state index contributed by atoms with van der Waals surface area (Å²) in [5, 5.41) is 12.3. The van der Waals surface area contributed by atoms with Crippen molar-refractivity contribution >= 4 is 27.6 Å². The van der Waals surface area contributed by atoms with Crippen molar-refractivity contribution in [1.29, 1.82) is 0 Å². The summed E-state index contributed by atoms with van der Waals surface area (Å²) in [4.78, 5) is 11.6. The van der Waals surface area contributed by atoms with E-state index in [1.807, 2.05) is 0 Å². The maximum absolute atomic E-state index is 13.4. The first kappa shape index (κ1) is 15.4. The van der Waals surface area contributed by atoms with Gasteiger partial charge in [-0.2, -0.15) is 0 Å². The lowest BCUT2D eigenvalue weighted by molar-refractivity contribution is -0.142. The number of benzene rings is 2. The third kappa shape index (κ3) is 3.21. The van der Waals surface area contributed by atoms with Crippen LogP contribution in [0.2, 0.25) is 0 Å². The van der Waals surface area contributed by atoms with E-state index in [1.165, 1.54) is 13.0 Å². The Labute approximate surface area is 128 Å². The van der Waals surface area contributed by atoms with E-state index in [9.17, 15) is 18.7 Å². The highest BCUT2D eigenvalue weighted by molar-refractivity contribution is 9.10. The lowest BCUT2D eigenvalue weighted by atomic mass is 9.91. The Morgan fingerprint density at radius 3 is 2.48 bits per heavy atom. The van der Waals surface area contributed by atoms with Crippen LogP contribution in [0.5, 0.6) is 0 Å². The van der Waals surface area contributed by atoms with Gasteiger partial charge in [0.15, 0.2) is 17.2 Å². The molecule has 0 fully saturated rings. The molecule has 21 heavy (non-hydrogen) atoms. The summed E-state index contributed by atoms with van der Waals surface area (Å²) < 4.78 is 27.2. The van der Waals surface area contributed by atoms with Crippen LogP contribution in [-0.2, 0) is 10.3 Å². The van der Waals surface area contributed by atoms with Crippen LogP contribution in [0.4, 0.5) is 14.5 Å². The van der Waals surface area contributed by atoms with Crippen LogP contribution in [0, 0.1) is 11.6 Å². The van der Waals surface area contributed by atoms with Gasteiger partial charge in [0.05, 0.1) is 0 Å². The summed E-state index contributed by atoms with van der Waals surface area (Å²) >= 11 is 3.29. The van der Waals surface area contributed by atoms with E-state index in [4.69, 9.17) is 0 Å². The van der Waals surface area contributed by atoms with Gasteiger partial charge in [0.2, 0.25) is 0 Å². The van der Waals surface area contributed by atoms with Crippen LogP contribution in [-0.4, -0.2) is 11.1 Å². The van der Waals surface area contributed by atoms with Crippen LogP contribution >= 0.6 is 15.9 Å². The standard InChI is InChI=1S/C15H12BrF2NO2/c1-15(14(20)21,9-5-6-12(17)13(18)7-9)19-11-4-2-3-10(16)8-11/h2-8,19H,1H3,(H,20,21). The van der Waals surface area contributed by atoms with Crippen LogP contribution in [0.25, 0.3) is 0 Å². The molecule has 3 nitrogen and oxygen atoms in total. The number of halogens is 3. The molecule has 0 amide bonds. The first-order chi connectivity index (χ1) is 9.83. The van der Waals surface area contributed by atoms with Crippen molar-refractivity contribution < 1.29 is 18.7 Å². The van der Waals surface area contributed by atoms with Crippen molar-refractivity contribution in [2.75, 3.05) is 5.32 Å². The number of nitrogens with one attached hydrogen (secondary N) is 1. The molecule has 0 heterocycles. The van der Waals surface area contributed by atoms with Gasteiger partial charge >= 0.3 is 5.97 Å². The van der Waals surface area contributed by atoms with E-state index < -0.39 is 23.1 Å². The highest BCUT2D eigenvalue weighted by Gasteiger charge is 2.36. The van der Waals surface area contributed by atoms with E-state index >= 15 is 0 Å². The molecule has 0 bridgehead atoms. The zero-order valence-corrected chi connectivity index (χ0v) is 12.6. The van der Waals surface area contributed by atoms with E-state index in [0.29, 0.717) is 5.69 Å². The Balaban J connectivity index is 2.45. The molecule has 0 saturated heterocycles. The van der Waals surface area contributed by atoms with Gasteiger partial charge in [-0.05, 0) is 42.8 Å². The van der Waals surface area contributed by atoms with Gasteiger partial charge in [0, 0.05) is 10.2 Å². The predicted molar refractivity (Wildman–Crippen MR) is 79.1 cm³/mol. The van der Waals surface area contributed by atoms with E-state index in [-0.39, 0.29) is 5.56 Å². The van der Waals surface area contributed by atoms with Crippen molar-refractivity contribution in [3.63, 3.8) is 0 Å². The molecule has 0 aliphatic carbocycles. The van der Waals surface area contributed by atoms with Crippen LogP contribution < -0.4 is 5.32 Å². The van der Waals surface area contributed by atoms with Crippen LogP contribution in [0.3, 0.4) is 0 Å². The Morgan fingerprint density at radius 2 is 1.90 bits per heavy atom. The van der Waals surface area contributed by atoms with Crippen molar-refractivity contribution in [2.24, 2.45) is 0 Å². The number of rotatable bonds is 4. The Kier molecular flexibility index (Phi) is 4.27. The molecule has 1 unspecified atom stereocenters. The summed E-state index contributed by atoms with van der Waals surface area (Å²) in [5.41, 5.74) is -0.928. The number of carboxylic acid groups (broad SMARTS) is 1. The number of anilines is 1. The molecule has 0 radical (unpaired) electrons. The maximum Gasteiger partial charge on any atom is 0.333 e. The van der Waals surface area contributed by atoms with Gasteiger partial charge in [-0.3, -0.25) is 0 Å². The third-order valence-corrected chi connectivity index (χ3v) is 3.64. The van der Waals surface area contributed by atoms with Crippen molar-refractivity contribution in [2.45, 2.75) is 12.5 Å². The minimum absolute atomic E-state index is 0.119. The molecule has 0 aromatic heterocycles. The minimum Gasteiger partial charge on any atom is -0.479 e. The van der Waals surface area contributed by atoms with Crippen molar-refractivity contribution in [3.05, 3.63) is 64.1 Å². The normalized spacial score (nSPS) is 13.5. The third-order valence-electron chi connectivity index (χ3n) is 3.14. The Bertz CT molecular complexity index is 693. The molecule has 0 spiro atoms. The minimum atomic E-state index is -1.59. The van der Waals surface area contributed by atoms with Crippen molar-refractivity contribution in [1.82, 2.24) is 0 Å². The van der Waals surface area contributed by atoms with Crippen molar-refractivity contribution in [3.8, 4) is 0 Å². The van der Waals surface area contributed by atoms with Gasteiger partial charge in [-0.1, -0.05) is 28.1 Å². The highest BCUT2D eigenvalue weighted by Crippen LogP contribution is 2.29. The monoisotopic (exact) mass is 355 g/mol. The number of hydrogen-bond acceptors (Lipinski definition) is 2. The lowest BCUT2D eigenvalue weighted by Gasteiger charge is -2.28. The second kappa shape index (κ2) is 5.81.